The number of hydrogen-bond acceptors (Lipinski definition) is 7. The van der Waals surface area contributed by atoms with Gasteiger partial charge in [0.05, 0.1) is 30.5 Å². The van der Waals surface area contributed by atoms with Gasteiger partial charge in [0.25, 0.3) is 10.1 Å². The van der Waals surface area contributed by atoms with Gasteiger partial charge in [-0.05, 0) is 107 Å². The first-order valence-electron chi connectivity index (χ1n) is 16.4. The third kappa shape index (κ3) is 4.84. The maximum absolute atomic E-state index is 12.8. The Bertz CT molecular complexity index is 1140. The summed E-state index contributed by atoms with van der Waals surface area (Å²) < 4.78 is 51.1. The number of rotatable bonds is 3. The SMILES string of the molecule is C[C@@H]1CC[C@@]2(OC1)O[C@H]1C[C@H]3[C@@H]4CC[C@H]5C[C@@H](OC(=O)C(C)(C)C)CC[C@]5(C)[C@H]4C[C@@H](OS(C)(=O)=O)[C@]3(C)[C@H]1[C@@H]2C. The maximum Gasteiger partial charge on any atom is 0.311 e. The molecule has 0 N–H and O–H groups in total. The van der Waals surface area contributed by atoms with Crippen LogP contribution in [-0.2, 0) is 33.3 Å². The van der Waals surface area contributed by atoms with E-state index in [9.17, 15) is 13.2 Å². The van der Waals surface area contributed by atoms with Gasteiger partial charge in [0, 0.05) is 23.7 Å². The summed E-state index contributed by atoms with van der Waals surface area (Å²) in [5.41, 5.74) is -0.698. The number of ether oxygens (including phenoxy) is 3. The molecule has 6 rings (SSSR count). The van der Waals surface area contributed by atoms with E-state index in [4.69, 9.17) is 18.4 Å². The summed E-state index contributed by atoms with van der Waals surface area (Å²) in [4.78, 5) is 12.7. The average molecular weight is 595 g/mol. The second-order valence-electron chi connectivity index (χ2n) is 16.6. The molecule has 0 aromatic carbocycles. The Morgan fingerprint density at radius 3 is 2.32 bits per heavy atom. The van der Waals surface area contributed by atoms with E-state index in [2.05, 4.69) is 27.7 Å². The number of carbonyl (C=O) groups is 1. The lowest BCUT2D eigenvalue weighted by Gasteiger charge is -2.63. The molecule has 6 fully saturated rings. The molecule has 6 aliphatic rings. The van der Waals surface area contributed by atoms with Crippen molar-refractivity contribution in [2.24, 2.45) is 57.7 Å². The Labute approximate surface area is 248 Å². The third-order valence-electron chi connectivity index (χ3n) is 13.1. The fraction of sp³-hybridized carbons (Fsp3) is 0.970. The summed E-state index contributed by atoms with van der Waals surface area (Å²) in [6.07, 6.45) is 9.72. The van der Waals surface area contributed by atoms with Gasteiger partial charge >= 0.3 is 5.97 Å². The highest BCUT2D eigenvalue weighted by atomic mass is 32.2. The van der Waals surface area contributed by atoms with Gasteiger partial charge < -0.3 is 14.2 Å². The van der Waals surface area contributed by atoms with Crippen LogP contribution >= 0.6 is 0 Å². The Hall–Kier alpha value is -0.700. The first-order valence-corrected chi connectivity index (χ1v) is 18.2. The molecule has 0 aromatic rings. The highest BCUT2D eigenvalue weighted by molar-refractivity contribution is 7.86. The Morgan fingerprint density at radius 1 is 0.951 bits per heavy atom. The fourth-order valence-corrected chi connectivity index (χ4v) is 11.7. The second-order valence-corrected chi connectivity index (χ2v) is 18.2. The van der Waals surface area contributed by atoms with Crippen LogP contribution in [0.3, 0.4) is 0 Å². The highest BCUT2D eigenvalue weighted by Gasteiger charge is 2.72. The van der Waals surface area contributed by atoms with Gasteiger partial charge in [0.2, 0.25) is 0 Å². The molecule has 0 unspecified atom stereocenters. The molecule has 0 aromatic heterocycles. The lowest BCUT2D eigenvalue weighted by Crippen LogP contribution is -2.60. The quantitative estimate of drug-likeness (QED) is 0.278. The van der Waals surface area contributed by atoms with E-state index in [1.807, 2.05) is 20.8 Å². The third-order valence-corrected chi connectivity index (χ3v) is 13.7. The maximum atomic E-state index is 12.8. The minimum atomic E-state index is -3.64. The lowest BCUT2D eigenvalue weighted by atomic mass is 9.43. The van der Waals surface area contributed by atoms with Crippen molar-refractivity contribution < 1.29 is 31.6 Å². The van der Waals surface area contributed by atoms with Crippen molar-refractivity contribution in [1.82, 2.24) is 0 Å². The molecular formula is C33H54O7S. The van der Waals surface area contributed by atoms with E-state index in [1.54, 1.807) is 0 Å². The van der Waals surface area contributed by atoms with Crippen molar-refractivity contribution in [3.05, 3.63) is 0 Å². The molecule has 4 saturated carbocycles. The van der Waals surface area contributed by atoms with E-state index in [1.165, 1.54) is 6.26 Å². The summed E-state index contributed by atoms with van der Waals surface area (Å²) in [6.45, 7) is 15.8. The van der Waals surface area contributed by atoms with Crippen LogP contribution in [0.2, 0.25) is 0 Å². The zero-order valence-corrected chi connectivity index (χ0v) is 27.4. The summed E-state index contributed by atoms with van der Waals surface area (Å²) in [6, 6.07) is 0. The molecule has 0 radical (unpaired) electrons. The summed E-state index contributed by atoms with van der Waals surface area (Å²) >= 11 is 0. The normalized spacial score (nSPS) is 51.4. The number of carbonyl (C=O) groups excluding carboxylic acids is 1. The smallest absolute Gasteiger partial charge is 0.311 e. The lowest BCUT2D eigenvalue weighted by molar-refractivity contribution is -0.274. The average Bonchev–Trinajstić information content (AvgIpc) is 3.31. The van der Waals surface area contributed by atoms with Gasteiger partial charge in [-0.3, -0.25) is 8.98 Å². The van der Waals surface area contributed by atoms with E-state index < -0.39 is 21.3 Å². The molecule has 4 aliphatic carbocycles. The molecule has 41 heavy (non-hydrogen) atoms. The summed E-state index contributed by atoms with van der Waals surface area (Å²) in [5, 5.41) is 0. The van der Waals surface area contributed by atoms with Gasteiger partial charge in [-0.2, -0.15) is 8.42 Å². The molecule has 0 amide bonds. The molecule has 13 atom stereocenters. The highest BCUT2D eigenvalue weighted by Crippen LogP contribution is 2.72. The van der Waals surface area contributed by atoms with E-state index in [0.717, 1.165) is 64.4 Å². The van der Waals surface area contributed by atoms with Crippen LogP contribution in [0.1, 0.15) is 106 Å². The van der Waals surface area contributed by atoms with Crippen LogP contribution in [0.15, 0.2) is 0 Å². The first-order chi connectivity index (χ1) is 19.0. The number of hydrogen-bond donors (Lipinski definition) is 0. The van der Waals surface area contributed by atoms with Gasteiger partial charge in [0.1, 0.15) is 6.10 Å². The monoisotopic (exact) mass is 594 g/mol. The van der Waals surface area contributed by atoms with Gasteiger partial charge in [-0.15, -0.1) is 0 Å². The molecule has 2 saturated heterocycles. The molecule has 1 spiro atoms. The van der Waals surface area contributed by atoms with E-state index in [0.29, 0.717) is 29.6 Å². The van der Waals surface area contributed by atoms with Gasteiger partial charge in [-0.25, -0.2) is 0 Å². The van der Waals surface area contributed by atoms with Crippen molar-refractivity contribution in [2.45, 2.75) is 130 Å². The summed E-state index contributed by atoms with van der Waals surface area (Å²) in [7, 11) is -3.64. The minimum Gasteiger partial charge on any atom is -0.462 e. The van der Waals surface area contributed by atoms with Crippen LogP contribution in [0.5, 0.6) is 0 Å². The number of esters is 1. The van der Waals surface area contributed by atoms with Crippen molar-refractivity contribution in [1.29, 1.82) is 0 Å². The Morgan fingerprint density at radius 2 is 1.68 bits per heavy atom. The molecule has 2 aliphatic heterocycles. The number of fused-ring (bicyclic) bond motifs is 7. The van der Waals surface area contributed by atoms with Crippen molar-refractivity contribution in [3.8, 4) is 0 Å². The van der Waals surface area contributed by atoms with Gasteiger partial charge in [0.15, 0.2) is 5.79 Å². The van der Waals surface area contributed by atoms with E-state index in [-0.39, 0.29) is 46.9 Å². The first kappa shape index (κ1) is 30.3. The van der Waals surface area contributed by atoms with Crippen molar-refractivity contribution in [3.63, 3.8) is 0 Å². The van der Waals surface area contributed by atoms with Crippen LogP contribution in [0.25, 0.3) is 0 Å². The zero-order chi connectivity index (χ0) is 29.8. The second kappa shape index (κ2) is 9.90. The summed E-state index contributed by atoms with van der Waals surface area (Å²) in [5.74, 6) is 2.03. The predicted molar refractivity (Wildman–Crippen MR) is 156 cm³/mol. The van der Waals surface area contributed by atoms with Gasteiger partial charge in [-0.1, -0.05) is 27.7 Å². The van der Waals surface area contributed by atoms with Crippen LogP contribution in [0, 0.1) is 57.7 Å². The van der Waals surface area contributed by atoms with E-state index >= 15 is 0 Å². The zero-order valence-electron chi connectivity index (χ0n) is 26.6. The van der Waals surface area contributed by atoms with Crippen LogP contribution in [-0.4, -0.2) is 51.3 Å². The largest absolute Gasteiger partial charge is 0.462 e. The van der Waals surface area contributed by atoms with Crippen molar-refractivity contribution in [2.75, 3.05) is 12.9 Å². The van der Waals surface area contributed by atoms with Crippen LogP contribution < -0.4 is 0 Å². The standard InChI is InChI=1S/C33H54O7S/c1-19-11-14-33(37-18-19)20(2)28-26(39-33)16-25-23-10-9-21-15-22(38-29(34)30(3,4)5)12-13-31(21,6)24(23)17-27(32(25,28)7)40-41(8,35)36/h19-28H,9-18H2,1-8H3/t19-,20+,21+,22+,23-,24+,25+,26+,27-,28+,31+,32-,33-/m1/s1. The van der Waals surface area contributed by atoms with Crippen LogP contribution in [0.4, 0.5) is 0 Å². The Kier molecular flexibility index (Phi) is 7.33. The fourth-order valence-electron chi connectivity index (χ4n) is 10.9. The predicted octanol–water partition coefficient (Wildman–Crippen LogP) is 6.35. The molecule has 8 heteroatoms. The molecule has 2 heterocycles. The molecule has 234 valence electrons. The molecule has 0 bridgehead atoms. The Balaban J connectivity index is 1.28. The minimum absolute atomic E-state index is 0.0252. The van der Waals surface area contributed by atoms with Crippen molar-refractivity contribution >= 4 is 16.1 Å². The topological polar surface area (TPSA) is 88.1 Å². The molecule has 7 nitrogen and oxygen atoms in total. The molecular weight excluding hydrogens is 540 g/mol.